The molecule has 0 bridgehead atoms. The zero-order valence-electron chi connectivity index (χ0n) is 11.4. The lowest BCUT2D eigenvalue weighted by atomic mass is 9.85. The topological polar surface area (TPSA) is 64.3 Å². The van der Waals surface area contributed by atoms with Crippen LogP contribution in [0.2, 0.25) is 0 Å². The molecule has 2 atom stereocenters. The van der Waals surface area contributed by atoms with E-state index in [4.69, 9.17) is 10.5 Å². The standard InChI is InChI=1S/C14H26N2O2/c1-2-12-11(5-8-18-12)9-16-13(17)14(10-15)6-3-4-7-14/h11-12H,2-10,15H2,1H3,(H,16,17). The Bertz CT molecular complexity index is 288. The molecule has 2 unspecified atom stereocenters. The molecule has 1 aliphatic heterocycles. The maximum absolute atomic E-state index is 12.3. The Labute approximate surface area is 110 Å². The van der Waals surface area contributed by atoms with Gasteiger partial charge in [-0.05, 0) is 25.7 Å². The molecule has 4 nitrogen and oxygen atoms in total. The second kappa shape index (κ2) is 6.02. The monoisotopic (exact) mass is 254 g/mol. The summed E-state index contributed by atoms with van der Waals surface area (Å²) in [4.78, 5) is 12.3. The van der Waals surface area contributed by atoms with Crippen molar-refractivity contribution in [2.75, 3.05) is 19.7 Å². The van der Waals surface area contributed by atoms with Crippen LogP contribution in [-0.2, 0) is 9.53 Å². The van der Waals surface area contributed by atoms with Crippen LogP contribution in [-0.4, -0.2) is 31.7 Å². The largest absolute Gasteiger partial charge is 0.378 e. The highest BCUT2D eigenvalue weighted by molar-refractivity contribution is 5.83. The second-order valence-electron chi connectivity index (χ2n) is 5.77. The third kappa shape index (κ3) is 2.69. The maximum Gasteiger partial charge on any atom is 0.227 e. The van der Waals surface area contributed by atoms with Gasteiger partial charge in [0.2, 0.25) is 5.91 Å². The van der Waals surface area contributed by atoms with Crippen molar-refractivity contribution >= 4 is 5.91 Å². The molecule has 18 heavy (non-hydrogen) atoms. The Kier molecular flexibility index (Phi) is 4.62. The van der Waals surface area contributed by atoms with Gasteiger partial charge in [-0.25, -0.2) is 0 Å². The Hall–Kier alpha value is -0.610. The summed E-state index contributed by atoms with van der Waals surface area (Å²) < 4.78 is 5.65. The molecule has 0 spiro atoms. The molecule has 2 fully saturated rings. The number of hydrogen-bond acceptors (Lipinski definition) is 3. The lowest BCUT2D eigenvalue weighted by molar-refractivity contribution is -0.130. The summed E-state index contributed by atoms with van der Waals surface area (Å²) in [7, 11) is 0. The first kappa shape index (κ1) is 13.8. The Morgan fingerprint density at radius 3 is 2.78 bits per heavy atom. The third-order valence-corrected chi connectivity index (χ3v) is 4.71. The molecule has 1 saturated carbocycles. The fraction of sp³-hybridized carbons (Fsp3) is 0.929. The molecular formula is C14H26N2O2. The van der Waals surface area contributed by atoms with Gasteiger partial charge in [0, 0.05) is 25.6 Å². The molecule has 3 N–H and O–H groups in total. The number of ether oxygens (including phenoxy) is 1. The SMILES string of the molecule is CCC1OCCC1CNC(=O)C1(CN)CCCC1. The molecule has 1 amide bonds. The van der Waals surface area contributed by atoms with Crippen molar-refractivity contribution in [2.45, 2.75) is 51.6 Å². The Balaban J connectivity index is 1.84. The van der Waals surface area contributed by atoms with E-state index in [1.807, 2.05) is 0 Å². The minimum absolute atomic E-state index is 0.171. The Morgan fingerprint density at radius 2 is 2.17 bits per heavy atom. The van der Waals surface area contributed by atoms with Gasteiger partial charge < -0.3 is 15.8 Å². The normalized spacial score (nSPS) is 30.6. The summed E-state index contributed by atoms with van der Waals surface area (Å²) in [6, 6.07) is 0. The van der Waals surface area contributed by atoms with Crippen molar-refractivity contribution < 1.29 is 9.53 Å². The van der Waals surface area contributed by atoms with Crippen molar-refractivity contribution in [2.24, 2.45) is 17.1 Å². The van der Waals surface area contributed by atoms with Gasteiger partial charge in [0.05, 0.1) is 11.5 Å². The van der Waals surface area contributed by atoms with Gasteiger partial charge in [-0.3, -0.25) is 4.79 Å². The van der Waals surface area contributed by atoms with Gasteiger partial charge in [-0.15, -0.1) is 0 Å². The molecule has 2 aliphatic rings. The number of carbonyl (C=O) groups is 1. The molecule has 1 heterocycles. The number of amides is 1. The van der Waals surface area contributed by atoms with Crippen LogP contribution in [0, 0.1) is 11.3 Å². The second-order valence-corrected chi connectivity index (χ2v) is 5.77. The van der Waals surface area contributed by atoms with Gasteiger partial charge >= 0.3 is 0 Å². The van der Waals surface area contributed by atoms with E-state index in [9.17, 15) is 4.79 Å². The van der Waals surface area contributed by atoms with Crippen LogP contribution in [0.15, 0.2) is 0 Å². The molecule has 0 aromatic heterocycles. The highest BCUT2D eigenvalue weighted by Crippen LogP contribution is 2.37. The summed E-state index contributed by atoms with van der Waals surface area (Å²) in [5.74, 6) is 0.652. The zero-order valence-corrected chi connectivity index (χ0v) is 11.4. The lowest BCUT2D eigenvalue weighted by Crippen LogP contribution is -2.46. The number of nitrogens with two attached hydrogens (primary N) is 1. The molecule has 2 rings (SSSR count). The summed E-state index contributed by atoms with van der Waals surface area (Å²) >= 11 is 0. The summed E-state index contributed by atoms with van der Waals surface area (Å²) in [5.41, 5.74) is 5.54. The molecule has 1 aliphatic carbocycles. The molecule has 0 aromatic carbocycles. The average molecular weight is 254 g/mol. The quantitative estimate of drug-likeness (QED) is 0.780. The number of nitrogens with one attached hydrogen (secondary N) is 1. The van der Waals surface area contributed by atoms with Crippen LogP contribution >= 0.6 is 0 Å². The fourth-order valence-corrected chi connectivity index (χ4v) is 3.36. The first-order valence-corrected chi connectivity index (χ1v) is 7.32. The van der Waals surface area contributed by atoms with E-state index in [1.165, 1.54) is 0 Å². The molecule has 104 valence electrons. The van der Waals surface area contributed by atoms with Crippen LogP contribution in [0.4, 0.5) is 0 Å². The van der Waals surface area contributed by atoms with Crippen LogP contribution in [0.25, 0.3) is 0 Å². The van der Waals surface area contributed by atoms with Gasteiger partial charge in [0.1, 0.15) is 0 Å². The molecule has 0 radical (unpaired) electrons. The summed E-state index contributed by atoms with van der Waals surface area (Å²) in [6.07, 6.45) is 6.59. The highest BCUT2D eigenvalue weighted by atomic mass is 16.5. The van der Waals surface area contributed by atoms with Crippen molar-refractivity contribution in [3.8, 4) is 0 Å². The molecule has 4 heteroatoms. The maximum atomic E-state index is 12.3. The smallest absolute Gasteiger partial charge is 0.227 e. The average Bonchev–Trinajstić information content (AvgIpc) is 3.05. The fourth-order valence-electron chi connectivity index (χ4n) is 3.36. The van der Waals surface area contributed by atoms with E-state index in [-0.39, 0.29) is 11.3 Å². The first-order chi connectivity index (χ1) is 8.72. The molecule has 0 aromatic rings. The first-order valence-electron chi connectivity index (χ1n) is 7.32. The minimum atomic E-state index is -0.277. The minimum Gasteiger partial charge on any atom is -0.378 e. The van der Waals surface area contributed by atoms with Gasteiger partial charge in [0.25, 0.3) is 0 Å². The van der Waals surface area contributed by atoms with Crippen molar-refractivity contribution in [1.29, 1.82) is 0 Å². The Morgan fingerprint density at radius 1 is 1.44 bits per heavy atom. The zero-order chi connectivity index (χ0) is 13.0. The number of carbonyl (C=O) groups excluding carboxylic acids is 1. The van der Waals surface area contributed by atoms with Crippen LogP contribution in [0.1, 0.15) is 45.4 Å². The van der Waals surface area contributed by atoms with E-state index in [2.05, 4.69) is 12.2 Å². The predicted octanol–water partition coefficient (Wildman–Crippen LogP) is 1.44. The van der Waals surface area contributed by atoms with E-state index in [0.29, 0.717) is 18.6 Å². The van der Waals surface area contributed by atoms with E-state index >= 15 is 0 Å². The van der Waals surface area contributed by atoms with E-state index in [1.54, 1.807) is 0 Å². The van der Waals surface area contributed by atoms with Crippen LogP contribution < -0.4 is 11.1 Å². The highest BCUT2D eigenvalue weighted by Gasteiger charge is 2.40. The summed E-state index contributed by atoms with van der Waals surface area (Å²) in [6.45, 7) is 4.21. The van der Waals surface area contributed by atoms with Crippen molar-refractivity contribution in [3.63, 3.8) is 0 Å². The van der Waals surface area contributed by atoms with Gasteiger partial charge in [-0.1, -0.05) is 19.8 Å². The number of rotatable bonds is 5. The molecular weight excluding hydrogens is 228 g/mol. The van der Waals surface area contributed by atoms with Gasteiger partial charge in [0.15, 0.2) is 0 Å². The third-order valence-electron chi connectivity index (χ3n) is 4.71. The molecule has 1 saturated heterocycles. The van der Waals surface area contributed by atoms with Gasteiger partial charge in [-0.2, -0.15) is 0 Å². The predicted molar refractivity (Wildman–Crippen MR) is 71.1 cm³/mol. The lowest BCUT2D eigenvalue weighted by Gasteiger charge is -2.27. The van der Waals surface area contributed by atoms with Crippen molar-refractivity contribution in [1.82, 2.24) is 5.32 Å². The van der Waals surface area contributed by atoms with Crippen LogP contribution in [0.5, 0.6) is 0 Å². The van der Waals surface area contributed by atoms with Crippen molar-refractivity contribution in [3.05, 3.63) is 0 Å². The van der Waals surface area contributed by atoms with E-state index < -0.39 is 0 Å². The summed E-state index contributed by atoms with van der Waals surface area (Å²) in [5, 5.41) is 3.12. The van der Waals surface area contributed by atoms with E-state index in [0.717, 1.165) is 51.7 Å². The van der Waals surface area contributed by atoms with Crippen LogP contribution in [0.3, 0.4) is 0 Å². The number of hydrogen-bond donors (Lipinski definition) is 2.